The Morgan fingerprint density at radius 1 is 0.344 bits per heavy atom. The van der Waals surface area contributed by atoms with Crippen LogP contribution in [0.1, 0.15) is 0 Å². The standard InChI is InChI=1S/C60H44N2OSi/c1-64(2)57-35-19-30-51-54(61(43-24-10-5-11-25-43)52-31-15-12-26-45(52)41-20-6-3-7-21-41)39-38-49(59(51)57)48-37-36-44(40-58(48)64)62(53-32-16-13-27-46(53)42-22-8-4-9-23-42)55-33-18-29-50-47-28-14-17-34-56(47)63-60(50)55/h3-40H,1-2H3. The summed E-state index contributed by atoms with van der Waals surface area (Å²) in [4.78, 5) is 4.89. The summed E-state index contributed by atoms with van der Waals surface area (Å²) in [7, 11) is -2.35. The summed E-state index contributed by atoms with van der Waals surface area (Å²) < 4.78 is 6.78. The van der Waals surface area contributed by atoms with Gasteiger partial charge < -0.3 is 14.2 Å². The fourth-order valence-electron chi connectivity index (χ4n) is 10.3. The van der Waals surface area contributed by atoms with Gasteiger partial charge in [-0.1, -0.05) is 189 Å². The lowest BCUT2D eigenvalue weighted by Crippen LogP contribution is -2.56. The maximum Gasteiger partial charge on any atom is 0.159 e. The largest absolute Gasteiger partial charge is 0.454 e. The van der Waals surface area contributed by atoms with Gasteiger partial charge in [-0.15, -0.1) is 0 Å². The highest BCUT2D eigenvalue weighted by Gasteiger charge is 2.37. The van der Waals surface area contributed by atoms with Gasteiger partial charge in [0.25, 0.3) is 0 Å². The Morgan fingerprint density at radius 3 is 1.58 bits per heavy atom. The first-order chi connectivity index (χ1) is 31.5. The summed E-state index contributed by atoms with van der Waals surface area (Å²) in [6, 6.07) is 83.7. The van der Waals surface area contributed by atoms with Crippen molar-refractivity contribution in [2.24, 2.45) is 0 Å². The molecule has 2 heterocycles. The molecule has 3 nitrogen and oxygen atoms in total. The van der Waals surface area contributed by atoms with E-state index in [-0.39, 0.29) is 0 Å². The zero-order valence-electron chi connectivity index (χ0n) is 35.7. The zero-order valence-corrected chi connectivity index (χ0v) is 36.7. The maximum absolute atomic E-state index is 6.78. The predicted octanol–water partition coefficient (Wildman–Crippen LogP) is 15.8. The lowest BCUT2D eigenvalue weighted by molar-refractivity contribution is 0.669. The number of hydrogen-bond donors (Lipinski definition) is 0. The monoisotopic (exact) mass is 836 g/mol. The second kappa shape index (κ2) is 15.2. The lowest BCUT2D eigenvalue weighted by atomic mass is 9.94. The topological polar surface area (TPSA) is 19.6 Å². The molecule has 10 aromatic carbocycles. The van der Waals surface area contributed by atoms with Crippen LogP contribution in [0.2, 0.25) is 13.1 Å². The number of anilines is 6. The van der Waals surface area contributed by atoms with E-state index >= 15 is 0 Å². The van der Waals surface area contributed by atoms with Gasteiger partial charge in [-0.3, -0.25) is 0 Å². The van der Waals surface area contributed by atoms with Gasteiger partial charge in [-0.2, -0.15) is 0 Å². The smallest absolute Gasteiger partial charge is 0.159 e. The van der Waals surface area contributed by atoms with E-state index in [0.717, 1.165) is 55.9 Å². The molecule has 0 saturated carbocycles. The van der Waals surface area contributed by atoms with Gasteiger partial charge in [-0.25, -0.2) is 0 Å². The number of furan rings is 1. The Hall–Kier alpha value is -7.92. The molecule has 4 heteroatoms. The quantitative estimate of drug-likeness (QED) is 0.142. The van der Waals surface area contributed by atoms with Gasteiger partial charge in [0.2, 0.25) is 0 Å². The third-order valence-electron chi connectivity index (χ3n) is 13.3. The SMILES string of the molecule is C[Si]1(C)c2cc(N(c3ccccc3-c3ccccc3)c3cccc4c3oc3ccccc34)ccc2-c2ccc(N(c3ccccc3)c3ccccc3-c3ccccc3)c3cccc1c23. The number of hydrogen-bond acceptors (Lipinski definition) is 3. The summed E-state index contributed by atoms with van der Waals surface area (Å²) in [5, 5.41) is 7.71. The second-order valence-electron chi connectivity index (χ2n) is 17.2. The van der Waals surface area contributed by atoms with Gasteiger partial charge in [-0.05, 0) is 92.6 Å². The molecule has 1 aliphatic rings. The first-order valence-electron chi connectivity index (χ1n) is 22.1. The number of nitrogens with zero attached hydrogens (tertiary/aromatic N) is 2. The van der Waals surface area contributed by atoms with Crippen LogP contribution in [-0.2, 0) is 0 Å². The molecule has 0 N–H and O–H groups in total. The number of para-hydroxylation sites is 5. The summed E-state index contributed by atoms with van der Waals surface area (Å²) in [6.45, 7) is 5.06. The Bertz CT molecular complexity index is 3540. The average molecular weight is 837 g/mol. The van der Waals surface area contributed by atoms with Crippen LogP contribution in [-0.4, -0.2) is 8.07 Å². The Labute approximate surface area is 374 Å². The third-order valence-corrected chi connectivity index (χ3v) is 16.8. The van der Waals surface area contributed by atoms with E-state index in [1.807, 2.05) is 6.07 Å². The first kappa shape index (κ1) is 37.8. The van der Waals surface area contributed by atoms with E-state index in [9.17, 15) is 0 Å². The molecule has 1 aromatic heterocycles. The predicted molar refractivity (Wildman–Crippen MR) is 274 cm³/mol. The summed E-state index contributed by atoms with van der Waals surface area (Å²) in [5.41, 5.74) is 15.7. The average Bonchev–Trinajstić information content (AvgIpc) is 3.74. The molecule has 0 bridgehead atoms. The Balaban J connectivity index is 1.07. The van der Waals surface area contributed by atoms with Crippen LogP contribution in [0.5, 0.6) is 0 Å². The van der Waals surface area contributed by atoms with Crippen LogP contribution in [0, 0.1) is 0 Å². The van der Waals surface area contributed by atoms with Crippen molar-refractivity contribution >= 4 is 85.3 Å². The van der Waals surface area contributed by atoms with Crippen LogP contribution >= 0.6 is 0 Å². The van der Waals surface area contributed by atoms with Crippen molar-refractivity contribution in [3.63, 3.8) is 0 Å². The minimum Gasteiger partial charge on any atom is -0.454 e. The molecule has 12 rings (SSSR count). The Morgan fingerprint density at radius 2 is 0.875 bits per heavy atom. The van der Waals surface area contributed by atoms with E-state index in [2.05, 4.69) is 247 Å². The van der Waals surface area contributed by atoms with Crippen molar-refractivity contribution in [3.05, 3.63) is 231 Å². The van der Waals surface area contributed by atoms with Gasteiger partial charge >= 0.3 is 0 Å². The summed E-state index contributed by atoms with van der Waals surface area (Å²) in [6.07, 6.45) is 0. The first-order valence-corrected chi connectivity index (χ1v) is 25.1. The third kappa shape index (κ3) is 6.02. The molecule has 0 unspecified atom stereocenters. The van der Waals surface area contributed by atoms with Crippen molar-refractivity contribution in [3.8, 4) is 33.4 Å². The minimum absolute atomic E-state index is 0.875. The molecule has 0 radical (unpaired) electrons. The van der Waals surface area contributed by atoms with Crippen LogP contribution in [0.15, 0.2) is 235 Å². The molecule has 0 spiro atoms. The van der Waals surface area contributed by atoms with Gasteiger partial charge in [0.05, 0.1) is 22.7 Å². The maximum atomic E-state index is 6.78. The van der Waals surface area contributed by atoms with E-state index in [0.29, 0.717) is 0 Å². The summed E-state index contributed by atoms with van der Waals surface area (Å²) >= 11 is 0. The van der Waals surface area contributed by atoms with Crippen molar-refractivity contribution in [2.75, 3.05) is 9.80 Å². The molecule has 304 valence electrons. The van der Waals surface area contributed by atoms with Crippen LogP contribution < -0.4 is 20.2 Å². The summed E-state index contributed by atoms with van der Waals surface area (Å²) in [5.74, 6) is 0. The van der Waals surface area contributed by atoms with Gasteiger partial charge in [0.15, 0.2) is 5.58 Å². The molecule has 11 aromatic rings. The fourth-order valence-corrected chi connectivity index (χ4v) is 13.4. The zero-order chi connectivity index (χ0) is 42.8. The number of fused-ring (bicyclic) bond motifs is 5. The van der Waals surface area contributed by atoms with Crippen LogP contribution in [0.25, 0.3) is 66.1 Å². The molecule has 0 aliphatic carbocycles. The molecule has 1 aliphatic heterocycles. The highest BCUT2D eigenvalue weighted by atomic mass is 28.3. The van der Waals surface area contributed by atoms with Crippen molar-refractivity contribution in [1.82, 2.24) is 0 Å². The van der Waals surface area contributed by atoms with E-state index in [1.165, 1.54) is 54.7 Å². The second-order valence-corrected chi connectivity index (χ2v) is 21.6. The molecular weight excluding hydrogens is 793 g/mol. The van der Waals surface area contributed by atoms with E-state index < -0.39 is 8.07 Å². The number of benzene rings is 10. The molecule has 0 atom stereocenters. The molecular formula is C60H44N2OSi. The van der Waals surface area contributed by atoms with Crippen molar-refractivity contribution < 1.29 is 4.42 Å². The molecule has 0 saturated heterocycles. The van der Waals surface area contributed by atoms with E-state index in [1.54, 1.807) is 0 Å². The normalized spacial score (nSPS) is 12.7. The molecule has 64 heavy (non-hydrogen) atoms. The van der Waals surface area contributed by atoms with Crippen molar-refractivity contribution in [2.45, 2.75) is 13.1 Å². The highest BCUT2D eigenvalue weighted by molar-refractivity contribution is 7.03. The minimum atomic E-state index is -2.35. The van der Waals surface area contributed by atoms with Gasteiger partial charge in [0.1, 0.15) is 13.7 Å². The Kier molecular flexibility index (Phi) is 8.96. The highest BCUT2D eigenvalue weighted by Crippen LogP contribution is 2.48. The van der Waals surface area contributed by atoms with E-state index in [4.69, 9.17) is 4.42 Å². The molecule has 0 fully saturated rings. The van der Waals surface area contributed by atoms with Gasteiger partial charge in [0, 0.05) is 38.7 Å². The molecule has 0 amide bonds. The van der Waals surface area contributed by atoms with Crippen LogP contribution in [0.4, 0.5) is 34.1 Å². The van der Waals surface area contributed by atoms with Crippen molar-refractivity contribution in [1.29, 1.82) is 0 Å². The lowest BCUT2D eigenvalue weighted by Gasteiger charge is -2.37. The van der Waals surface area contributed by atoms with Crippen LogP contribution in [0.3, 0.4) is 0 Å². The number of rotatable bonds is 8. The fraction of sp³-hybridized carbons (Fsp3) is 0.0333.